The van der Waals surface area contributed by atoms with Crippen LogP contribution in [0.25, 0.3) is 0 Å². The maximum absolute atomic E-state index is 12.3. The number of amides is 1. The number of alkyl carbamates (subject to hydrolysis) is 1. The molecule has 1 aromatic rings. The molecule has 1 heterocycles. The minimum absolute atomic E-state index is 0.153. The van der Waals surface area contributed by atoms with Crippen molar-refractivity contribution in [3.8, 4) is 0 Å². The molecular weight excluding hydrogens is 432 g/mol. The molecule has 4 fully saturated rings. The van der Waals surface area contributed by atoms with E-state index in [1.807, 2.05) is 6.07 Å². The minimum Gasteiger partial charge on any atom is -0.448 e. The van der Waals surface area contributed by atoms with Gasteiger partial charge in [0, 0.05) is 24.1 Å². The summed E-state index contributed by atoms with van der Waals surface area (Å²) in [7, 11) is 0. The Morgan fingerprint density at radius 2 is 1.97 bits per heavy atom. The predicted octanol–water partition coefficient (Wildman–Crippen LogP) is 3.93. The van der Waals surface area contributed by atoms with Gasteiger partial charge in [0.15, 0.2) is 0 Å². The molecule has 4 saturated carbocycles. The Morgan fingerprint density at radius 3 is 2.71 bits per heavy atom. The van der Waals surface area contributed by atoms with Gasteiger partial charge in [-0.05, 0) is 98.5 Å². The third kappa shape index (κ3) is 3.62. The monoisotopic (exact) mass is 472 g/mol. The molecule has 0 aliphatic heterocycles. The lowest BCUT2D eigenvalue weighted by Crippen LogP contribution is -2.62. The summed E-state index contributed by atoms with van der Waals surface area (Å²) in [4.78, 5) is 23.6. The summed E-state index contributed by atoms with van der Waals surface area (Å²) in [5.74, 6) is 1.57. The molecule has 0 saturated heterocycles. The zero-order chi connectivity index (χ0) is 24.1. The van der Waals surface area contributed by atoms with E-state index >= 15 is 0 Å². The van der Waals surface area contributed by atoms with E-state index in [0.717, 1.165) is 63.4 Å². The van der Waals surface area contributed by atoms with Crippen molar-refractivity contribution >= 4 is 6.09 Å². The van der Waals surface area contributed by atoms with Crippen molar-refractivity contribution in [3.63, 3.8) is 0 Å². The summed E-state index contributed by atoms with van der Waals surface area (Å²) in [6, 6.07) is 3.55. The van der Waals surface area contributed by atoms with E-state index in [0.29, 0.717) is 24.3 Å². The molecule has 1 amide bonds. The standard InChI is InChI=1S/C27H40N2O5/c1-25-10-7-19(29-24(31)33-14-13-28)15-18(25)4-5-22-21(25)8-11-26(2)20(9-12-27(22,26)32)17-3-6-23(30)34-16-17/h3,6,16,18-22,32H,4-5,7-15,28H2,1-2H3,(H,29,31)/t18-,19+,20-,21+,22-,25+,26-,27+/m1/s1. The average molecular weight is 473 g/mol. The molecule has 7 heteroatoms. The summed E-state index contributed by atoms with van der Waals surface area (Å²) in [5, 5.41) is 15.4. The molecule has 5 rings (SSSR count). The van der Waals surface area contributed by atoms with Gasteiger partial charge < -0.3 is 25.3 Å². The maximum Gasteiger partial charge on any atom is 0.407 e. The van der Waals surface area contributed by atoms with E-state index in [9.17, 15) is 14.7 Å². The van der Waals surface area contributed by atoms with Crippen molar-refractivity contribution < 1.29 is 19.1 Å². The van der Waals surface area contributed by atoms with Crippen LogP contribution < -0.4 is 16.7 Å². The fourth-order valence-corrected chi connectivity index (χ4v) is 8.82. The first kappa shape index (κ1) is 23.9. The number of aliphatic hydroxyl groups is 1. The van der Waals surface area contributed by atoms with Crippen molar-refractivity contribution in [3.05, 3.63) is 34.4 Å². The van der Waals surface area contributed by atoms with Crippen LogP contribution in [0.3, 0.4) is 0 Å². The van der Waals surface area contributed by atoms with Crippen molar-refractivity contribution in [2.75, 3.05) is 13.2 Å². The second kappa shape index (κ2) is 8.66. The van der Waals surface area contributed by atoms with Crippen LogP contribution in [-0.2, 0) is 4.74 Å². The van der Waals surface area contributed by atoms with E-state index in [4.69, 9.17) is 14.9 Å². The number of fused-ring (bicyclic) bond motifs is 5. The highest BCUT2D eigenvalue weighted by Crippen LogP contribution is 2.70. The Morgan fingerprint density at radius 1 is 1.15 bits per heavy atom. The van der Waals surface area contributed by atoms with Crippen molar-refractivity contribution in [2.24, 2.45) is 34.3 Å². The van der Waals surface area contributed by atoms with E-state index in [2.05, 4.69) is 19.2 Å². The smallest absolute Gasteiger partial charge is 0.407 e. The minimum atomic E-state index is -0.689. The Hall–Kier alpha value is -1.86. The van der Waals surface area contributed by atoms with Crippen LogP contribution in [0, 0.1) is 28.6 Å². The lowest BCUT2D eigenvalue weighted by Gasteiger charge is -2.63. The number of carbonyl (C=O) groups excluding carboxylic acids is 1. The maximum atomic E-state index is 12.3. The van der Waals surface area contributed by atoms with Crippen LogP contribution in [-0.4, -0.2) is 36.0 Å². The molecule has 0 unspecified atom stereocenters. The number of hydrogen-bond donors (Lipinski definition) is 3. The molecule has 4 N–H and O–H groups in total. The number of rotatable bonds is 4. The molecule has 0 bridgehead atoms. The normalized spacial score (nSPS) is 43.4. The van der Waals surface area contributed by atoms with Crippen LogP contribution >= 0.6 is 0 Å². The Balaban J connectivity index is 1.33. The van der Waals surface area contributed by atoms with Gasteiger partial charge in [-0.25, -0.2) is 9.59 Å². The van der Waals surface area contributed by atoms with Gasteiger partial charge >= 0.3 is 11.7 Å². The van der Waals surface area contributed by atoms with Crippen LogP contribution in [0.15, 0.2) is 27.6 Å². The lowest BCUT2D eigenvalue weighted by molar-refractivity contribution is -0.202. The second-order valence-electron chi connectivity index (χ2n) is 11.9. The average Bonchev–Trinajstić information content (AvgIpc) is 3.10. The highest BCUT2D eigenvalue weighted by atomic mass is 16.5. The highest BCUT2D eigenvalue weighted by molar-refractivity contribution is 5.67. The molecule has 7 nitrogen and oxygen atoms in total. The van der Waals surface area contributed by atoms with Gasteiger partial charge in [0.05, 0.1) is 11.9 Å². The fraction of sp³-hybridized carbons (Fsp3) is 0.778. The molecule has 34 heavy (non-hydrogen) atoms. The molecule has 4 aliphatic rings. The SMILES string of the molecule is C[C@]12CC[C@H](NC(=O)OCCN)C[C@H]1CC[C@@H]1[C@@H]2CC[C@]2(C)[C@@H](c3ccc(=O)oc3)CC[C@]12O. The first-order valence-corrected chi connectivity index (χ1v) is 13.2. The van der Waals surface area contributed by atoms with Gasteiger partial charge in [0.25, 0.3) is 0 Å². The van der Waals surface area contributed by atoms with Gasteiger partial charge in [0.1, 0.15) is 6.61 Å². The molecule has 1 aromatic heterocycles. The van der Waals surface area contributed by atoms with E-state index in [1.165, 1.54) is 6.07 Å². The summed E-state index contributed by atoms with van der Waals surface area (Å²) >= 11 is 0. The molecule has 0 spiro atoms. The van der Waals surface area contributed by atoms with E-state index < -0.39 is 5.60 Å². The number of nitrogens with one attached hydrogen (secondary N) is 1. The third-order valence-electron chi connectivity index (χ3n) is 10.7. The number of ether oxygens (including phenoxy) is 1. The van der Waals surface area contributed by atoms with Crippen LogP contribution in [0.4, 0.5) is 4.79 Å². The number of hydrogen-bond acceptors (Lipinski definition) is 6. The van der Waals surface area contributed by atoms with Crippen LogP contribution in [0.2, 0.25) is 0 Å². The third-order valence-corrected chi connectivity index (χ3v) is 10.7. The molecule has 188 valence electrons. The quantitative estimate of drug-likeness (QED) is 0.612. The van der Waals surface area contributed by atoms with E-state index in [1.54, 1.807) is 6.26 Å². The molecule has 0 aromatic carbocycles. The number of nitrogens with two attached hydrogens (primary N) is 1. The lowest BCUT2D eigenvalue weighted by atomic mass is 9.43. The number of carbonyl (C=O) groups is 1. The fourth-order valence-electron chi connectivity index (χ4n) is 8.82. The predicted molar refractivity (Wildman–Crippen MR) is 128 cm³/mol. The molecular formula is C27H40N2O5. The molecule has 8 atom stereocenters. The zero-order valence-electron chi connectivity index (χ0n) is 20.6. The van der Waals surface area contributed by atoms with Crippen molar-refractivity contribution in [2.45, 2.75) is 89.2 Å². The summed E-state index contributed by atoms with van der Waals surface area (Å²) in [5.41, 5.74) is 5.46. The van der Waals surface area contributed by atoms with Gasteiger partial charge in [-0.15, -0.1) is 0 Å². The largest absolute Gasteiger partial charge is 0.448 e. The Bertz CT molecular complexity index is 960. The van der Waals surface area contributed by atoms with Crippen LogP contribution in [0.5, 0.6) is 0 Å². The first-order valence-electron chi connectivity index (χ1n) is 13.2. The van der Waals surface area contributed by atoms with Gasteiger partial charge in [-0.1, -0.05) is 13.8 Å². The zero-order valence-corrected chi connectivity index (χ0v) is 20.6. The first-order chi connectivity index (χ1) is 16.2. The summed E-state index contributed by atoms with van der Waals surface area (Å²) in [6.45, 7) is 5.30. The molecule has 0 radical (unpaired) electrons. The molecule has 4 aliphatic carbocycles. The summed E-state index contributed by atoms with van der Waals surface area (Å²) < 4.78 is 10.3. The Labute approximate surface area is 201 Å². The van der Waals surface area contributed by atoms with Crippen molar-refractivity contribution in [1.29, 1.82) is 0 Å². The van der Waals surface area contributed by atoms with Gasteiger partial charge in [-0.2, -0.15) is 0 Å². The topological polar surface area (TPSA) is 115 Å². The van der Waals surface area contributed by atoms with E-state index in [-0.39, 0.29) is 41.1 Å². The highest BCUT2D eigenvalue weighted by Gasteiger charge is 2.67. The van der Waals surface area contributed by atoms with Crippen molar-refractivity contribution in [1.82, 2.24) is 5.32 Å². The second-order valence-corrected chi connectivity index (χ2v) is 11.9. The van der Waals surface area contributed by atoms with Gasteiger partial charge in [0.2, 0.25) is 0 Å². The Kier molecular flexibility index (Phi) is 6.08. The van der Waals surface area contributed by atoms with Gasteiger partial charge in [-0.3, -0.25) is 0 Å². The summed E-state index contributed by atoms with van der Waals surface area (Å²) in [6.07, 6.45) is 10.3. The van der Waals surface area contributed by atoms with Crippen LogP contribution in [0.1, 0.15) is 83.1 Å².